The van der Waals surface area contributed by atoms with Gasteiger partial charge in [-0.25, -0.2) is 4.79 Å². The molecule has 0 aliphatic carbocycles. The first-order valence-electron chi connectivity index (χ1n) is 7.45. The second-order valence-electron chi connectivity index (χ2n) is 6.59. The van der Waals surface area contributed by atoms with Gasteiger partial charge in [-0.2, -0.15) is 0 Å². The van der Waals surface area contributed by atoms with Crippen molar-refractivity contribution in [2.45, 2.75) is 39.2 Å². The molecule has 0 amide bonds. The summed E-state index contributed by atoms with van der Waals surface area (Å²) in [5.74, 6) is -0.397. The predicted octanol–water partition coefficient (Wildman–Crippen LogP) is 5.26. The maximum atomic E-state index is 11.7. The van der Waals surface area contributed by atoms with Gasteiger partial charge in [0.05, 0.1) is 0 Å². The van der Waals surface area contributed by atoms with Gasteiger partial charge in [-0.3, -0.25) is 0 Å². The van der Waals surface area contributed by atoms with Gasteiger partial charge < -0.3 is 9.84 Å². The van der Waals surface area contributed by atoms with E-state index in [2.05, 4.69) is 36.7 Å². The van der Waals surface area contributed by atoms with E-state index in [1.165, 1.54) is 0 Å². The molecule has 0 aromatic heterocycles. The zero-order valence-corrected chi connectivity index (χ0v) is 15.3. The lowest BCUT2D eigenvalue weighted by molar-refractivity contribution is -0.145. The lowest BCUT2D eigenvalue weighted by atomic mass is 9.86. The van der Waals surface area contributed by atoms with Crippen molar-refractivity contribution in [1.82, 2.24) is 0 Å². The molecule has 2 aromatic carbocycles. The molecule has 0 saturated carbocycles. The summed E-state index contributed by atoms with van der Waals surface area (Å²) in [6, 6.07) is 12.9. The van der Waals surface area contributed by atoms with Crippen LogP contribution in [0.3, 0.4) is 0 Å². The van der Waals surface area contributed by atoms with Crippen LogP contribution in [0, 0.1) is 6.92 Å². The Balaban J connectivity index is 2.49. The average molecular weight is 377 g/mol. The van der Waals surface area contributed by atoms with E-state index in [0.29, 0.717) is 11.3 Å². The fourth-order valence-corrected chi connectivity index (χ4v) is 2.70. The predicted molar refractivity (Wildman–Crippen MR) is 95.0 cm³/mol. The molecule has 4 heteroatoms. The van der Waals surface area contributed by atoms with Gasteiger partial charge in [0.2, 0.25) is 6.10 Å². The number of aliphatic carboxylic acids is 1. The molecule has 0 bridgehead atoms. The number of benzene rings is 2. The molecule has 0 spiro atoms. The molecule has 0 fully saturated rings. The monoisotopic (exact) mass is 376 g/mol. The third kappa shape index (κ3) is 4.14. The van der Waals surface area contributed by atoms with Crippen LogP contribution in [0.4, 0.5) is 0 Å². The number of rotatable bonds is 4. The van der Waals surface area contributed by atoms with Crippen molar-refractivity contribution in [3.63, 3.8) is 0 Å². The fourth-order valence-electron chi connectivity index (χ4n) is 2.35. The SMILES string of the molecule is Cc1cc(OC(C(=O)O)c2ccccc2)c(C(C)(C)C)cc1Br. The minimum absolute atomic E-state index is 0.161. The van der Waals surface area contributed by atoms with Gasteiger partial charge in [0.25, 0.3) is 0 Å². The van der Waals surface area contributed by atoms with Crippen LogP contribution >= 0.6 is 15.9 Å². The number of ether oxygens (including phenoxy) is 1. The molecule has 1 atom stereocenters. The van der Waals surface area contributed by atoms with E-state index in [4.69, 9.17) is 4.74 Å². The van der Waals surface area contributed by atoms with Crippen LogP contribution in [0.1, 0.15) is 43.6 Å². The number of hydrogen-bond acceptors (Lipinski definition) is 2. The number of carboxylic acids is 1. The van der Waals surface area contributed by atoms with E-state index < -0.39 is 12.1 Å². The van der Waals surface area contributed by atoms with Crippen molar-refractivity contribution in [3.05, 3.63) is 63.6 Å². The Hall–Kier alpha value is -1.81. The molecule has 2 rings (SSSR count). The summed E-state index contributed by atoms with van der Waals surface area (Å²) >= 11 is 3.54. The standard InChI is InChI=1S/C19H21BrO3/c1-12-10-16(14(11-15(12)20)19(2,3)4)23-17(18(21)22)13-8-6-5-7-9-13/h5-11,17H,1-4H3,(H,21,22). The quantitative estimate of drug-likeness (QED) is 0.791. The Labute approximate surface area is 145 Å². The van der Waals surface area contributed by atoms with E-state index in [9.17, 15) is 9.90 Å². The fraction of sp³-hybridized carbons (Fsp3) is 0.316. The molecule has 3 nitrogen and oxygen atoms in total. The third-order valence-electron chi connectivity index (χ3n) is 3.64. The van der Waals surface area contributed by atoms with Crippen LogP contribution in [0.15, 0.2) is 46.9 Å². The van der Waals surface area contributed by atoms with Gasteiger partial charge >= 0.3 is 5.97 Å². The molecule has 1 unspecified atom stereocenters. The summed E-state index contributed by atoms with van der Waals surface area (Å²) in [6.07, 6.45) is -1.03. The zero-order valence-electron chi connectivity index (χ0n) is 13.8. The van der Waals surface area contributed by atoms with Crippen molar-refractivity contribution in [2.75, 3.05) is 0 Å². The Morgan fingerprint density at radius 1 is 1.17 bits per heavy atom. The Morgan fingerprint density at radius 3 is 2.30 bits per heavy atom. The van der Waals surface area contributed by atoms with Gasteiger partial charge in [-0.1, -0.05) is 67.0 Å². The summed E-state index contributed by atoms with van der Waals surface area (Å²) in [6.45, 7) is 8.20. The number of carbonyl (C=O) groups is 1. The summed E-state index contributed by atoms with van der Waals surface area (Å²) < 4.78 is 6.92. The maximum Gasteiger partial charge on any atom is 0.349 e. The maximum absolute atomic E-state index is 11.7. The van der Waals surface area contributed by atoms with Crippen LogP contribution in [0.5, 0.6) is 5.75 Å². The Bertz CT molecular complexity index is 703. The highest BCUT2D eigenvalue weighted by Crippen LogP contribution is 2.37. The summed E-state index contributed by atoms with van der Waals surface area (Å²) in [5, 5.41) is 9.57. The number of carboxylic acid groups (broad SMARTS) is 1. The van der Waals surface area contributed by atoms with E-state index in [1.54, 1.807) is 12.1 Å². The first kappa shape index (κ1) is 17.5. The zero-order chi connectivity index (χ0) is 17.2. The first-order chi connectivity index (χ1) is 10.7. The van der Waals surface area contributed by atoms with E-state index >= 15 is 0 Å². The summed E-state index contributed by atoms with van der Waals surface area (Å²) in [4.78, 5) is 11.7. The van der Waals surface area contributed by atoms with Crippen LogP contribution < -0.4 is 4.74 Å². The molecule has 0 aliphatic rings. The summed E-state index contributed by atoms with van der Waals surface area (Å²) in [7, 11) is 0. The van der Waals surface area contributed by atoms with Gasteiger partial charge in [-0.15, -0.1) is 0 Å². The van der Waals surface area contributed by atoms with Gasteiger partial charge in [0.1, 0.15) is 5.75 Å². The minimum atomic E-state index is -1.03. The molecule has 2 aromatic rings. The van der Waals surface area contributed by atoms with Crippen LogP contribution in [-0.2, 0) is 10.2 Å². The van der Waals surface area contributed by atoms with Crippen molar-refractivity contribution >= 4 is 21.9 Å². The van der Waals surface area contributed by atoms with Gasteiger partial charge in [0, 0.05) is 15.6 Å². The van der Waals surface area contributed by atoms with Crippen LogP contribution in [0.25, 0.3) is 0 Å². The third-order valence-corrected chi connectivity index (χ3v) is 4.49. The van der Waals surface area contributed by atoms with Crippen LogP contribution in [-0.4, -0.2) is 11.1 Å². The summed E-state index contributed by atoms with van der Waals surface area (Å²) in [5.41, 5.74) is 2.44. The van der Waals surface area contributed by atoms with E-state index in [-0.39, 0.29) is 5.41 Å². The molecule has 0 aliphatic heterocycles. The molecule has 122 valence electrons. The highest BCUT2D eigenvalue weighted by Gasteiger charge is 2.26. The lowest BCUT2D eigenvalue weighted by Crippen LogP contribution is -2.21. The largest absolute Gasteiger partial charge is 0.478 e. The van der Waals surface area contributed by atoms with Crippen molar-refractivity contribution < 1.29 is 14.6 Å². The second-order valence-corrected chi connectivity index (χ2v) is 7.45. The van der Waals surface area contributed by atoms with Crippen molar-refractivity contribution in [3.8, 4) is 5.75 Å². The normalized spacial score (nSPS) is 12.7. The Kier molecular flexibility index (Phi) is 5.15. The van der Waals surface area contributed by atoms with Crippen molar-refractivity contribution in [2.24, 2.45) is 0 Å². The topological polar surface area (TPSA) is 46.5 Å². The molecule has 23 heavy (non-hydrogen) atoms. The highest BCUT2D eigenvalue weighted by atomic mass is 79.9. The Morgan fingerprint density at radius 2 is 1.78 bits per heavy atom. The minimum Gasteiger partial charge on any atom is -0.478 e. The highest BCUT2D eigenvalue weighted by molar-refractivity contribution is 9.10. The number of aryl methyl sites for hydroxylation is 1. The number of hydrogen-bond donors (Lipinski definition) is 1. The van der Waals surface area contributed by atoms with E-state index in [0.717, 1.165) is 15.6 Å². The first-order valence-corrected chi connectivity index (χ1v) is 8.24. The molecule has 0 heterocycles. The van der Waals surface area contributed by atoms with Crippen LogP contribution in [0.2, 0.25) is 0 Å². The van der Waals surface area contributed by atoms with Gasteiger partial charge in [0.15, 0.2) is 0 Å². The molecular formula is C19H21BrO3. The average Bonchev–Trinajstić information content (AvgIpc) is 2.47. The van der Waals surface area contributed by atoms with E-state index in [1.807, 2.05) is 37.3 Å². The molecule has 0 radical (unpaired) electrons. The smallest absolute Gasteiger partial charge is 0.349 e. The molecule has 0 saturated heterocycles. The number of halogens is 1. The van der Waals surface area contributed by atoms with Crippen molar-refractivity contribution in [1.29, 1.82) is 0 Å². The van der Waals surface area contributed by atoms with Gasteiger partial charge in [-0.05, 0) is 30.0 Å². The second kappa shape index (κ2) is 6.75. The molecule has 1 N–H and O–H groups in total. The molecular weight excluding hydrogens is 356 g/mol. The lowest BCUT2D eigenvalue weighted by Gasteiger charge is -2.26.